The number of carbonyl (C=O) groups is 1. The lowest BCUT2D eigenvalue weighted by molar-refractivity contribution is -0.146. The minimum atomic E-state index is -0.580. The molecule has 0 N–H and O–H groups in total. The fourth-order valence-corrected chi connectivity index (χ4v) is 0.566. The van der Waals surface area contributed by atoms with E-state index in [2.05, 4.69) is 6.58 Å². The number of ether oxygens (including phenoxy) is 1. The molecular formula is C10H16O2. The Labute approximate surface area is 73.9 Å². The topological polar surface area (TPSA) is 26.3 Å². The van der Waals surface area contributed by atoms with Gasteiger partial charge in [0.05, 0.1) is 0 Å². The van der Waals surface area contributed by atoms with E-state index >= 15 is 0 Å². The molecule has 0 spiro atoms. The Balaban J connectivity index is 4.19. The van der Waals surface area contributed by atoms with Crippen LogP contribution in [0.15, 0.2) is 24.3 Å². The maximum absolute atomic E-state index is 11.1. The molecule has 68 valence electrons. The Morgan fingerprint density at radius 1 is 1.42 bits per heavy atom. The van der Waals surface area contributed by atoms with Crippen LogP contribution in [-0.2, 0) is 9.53 Å². The normalized spacial score (nSPS) is 10.3. The van der Waals surface area contributed by atoms with Crippen molar-refractivity contribution in [3.8, 4) is 0 Å². The third kappa shape index (κ3) is 4.72. The zero-order valence-corrected chi connectivity index (χ0v) is 8.18. The van der Waals surface area contributed by atoms with Crippen molar-refractivity contribution in [3.05, 3.63) is 24.3 Å². The van der Waals surface area contributed by atoms with Gasteiger partial charge in [0, 0.05) is 6.08 Å². The van der Waals surface area contributed by atoms with Gasteiger partial charge in [0.15, 0.2) is 0 Å². The average molecular weight is 168 g/mol. The Morgan fingerprint density at radius 3 is 2.25 bits per heavy atom. The number of allylic oxidation sites excluding steroid dienone is 1. The Bertz CT molecular complexity index is 208. The van der Waals surface area contributed by atoms with E-state index < -0.39 is 5.60 Å². The first-order valence-electron chi connectivity index (χ1n) is 3.89. The molecule has 2 heteroatoms. The van der Waals surface area contributed by atoms with E-state index in [1.54, 1.807) is 19.9 Å². The lowest BCUT2D eigenvalue weighted by Crippen LogP contribution is -2.24. The molecule has 0 unspecified atom stereocenters. The monoisotopic (exact) mass is 168 g/mol. The summed E-state index contributed by atoms with van der Waals surface area (Å²) in [6.45, 7) is 10.8. The van der Waals surface area contributed by atoms with Gasteiger partial charge in [-0.1, -0.05) is 12.2 Å². The molecule has 12 heavy (non-hydrogen) atoms. The second kappa shape index (κ2) is 4.10. The van der Waals surface area contributed by atoms with E-state index in [0.29, 0.717) is 0 Å². The number of esters is 1. The summed E-state index contributed by atoms with van der Waals surface area (Å²) >= 11 is 0. The van der Waals surface area contributed by atoms with Crippen LogP contribution in [0.2, 0.25) is 0 Å². The number of hydrogen-bond acceptors (Lipinski definition) is 2. The van der Waals surface area contributed by atoms with E-state index in [4.69, 9.17) is 4.74 Å². The third-order valence-corrected chi connectivity index (χ3v) is 1.26. The van der Waals surface area contributed by atoms with Crippen LogP contribution in [0.3, 0.4) is 0 Å². The predicted octanol–water partition coefficient (Wildman–Crippen LogP) is 2.46. The lowest BCUT2D eigenvalue weighted by Gasteiger charge is -2.19. The smallest absolute Gasteiger partial charge is 0.331 e. The lowest BCUT2D eigenvalue weighted by atomic mass is 10.1. The van der Waals surface area contributed by atoms with Gasteiger partial charge in [-0.05, 0) is 33.8 Å². The van der Waals surface area contributed by atoms with Crippen LogP contribution in [-0.4, -0.2) is 11.6 Å². The van der Waals surface area contributed by atoms with Crippen molar-refractivity contribution in [2.24, 2.45) is 0 Å². The summed E-state index contributed by atoms with van der Waals surface area (Å²) in [5.74, 6) is -0.320. The highest BCUT2D eigenvalue weighted by Crippen LogP contribution is 2.10. The van der Waals surface area contributed by atoms with Crippen molar-refractivity contribution in [3.63, 3.8) is 0 Å². The minimum Gasteiger partial charge on any atom is -0.452 e. The zero-order chi connectivity index (χ0) is 9.78. The van der Waals surface area contributed by atoms with Crippen LogP contribution in [0.5, 0.6) is 0 Å². The summed E-state index contributed by atoms with van der Waals surface area (Å²) in [5.41, 5.74) is 0.350. The van der Waals surface area contributed by atoms with E-state index in [0.717, 1.165) is 5.57 Å². The maximum Gasteiger partial charge on any atom is 0.331 e. The summed E-state index contributed by atoms with van der Waals surface area (Å²) < 4.78 is 5.06. The van der Waals surface area contributed by atoms with E-state index in [-0.39, 0.29) is 5.97 Å². The summed E-state index contributed by atoms with van der Waals surface area (Å²) in [7, 11) is 0. The average Bonchev–Trinajstić information content (AvgIpc) is 1.84. The van der Waals surface area contributed by atoms with Gasteiger partial charge in [-0.2, -0.15) is 0 Å². The third-order valence-electron chi connectivity index (χ3n) is 1.26. The molecule has 0 aromatic heterocycles. The highest BCUT2D eigenvalue weighted by Gasteiger charge is 2.16. The first kappa shape index (κ1) is 11.0. The first-order chi connectivity index (χ1) is 5.37. The molecule has 0 heterocycles. The molecule has 0 saturated heterocycles. The maximum atomic E-state index is 11.1. The fraction of sp³-hybridized carbons (Fsp3) is 0.500. The van der Waals surface area contributed by atoms with Crippen LogP contribution in [0, 0.1) is 0 Å². The molecule has 0 saturated carbocycles. The van der Waals surface area contributed by atoms with Crippen LogP contribution < -0.4 is 0 Å². The molecule has 0 aliphatic carbocycles. The summed E-state index contributed by atoms with van der Waals surface area (Å²) in [5, 5.41) is 0. The van der Waals surface area contributed by atoms with Crippen LogP contribution in [0.25, 0.3) is 0 Å². The van der Waals surface area contributed by atoms with Gasteiger partial charge in [-0.15, -0.1) is 0 Å². The number of carbonyl (C=O) groups excluding carboxylic acids is 1. The molecule has 0 aliphatic rings. The molecule has 0 aliphatic heterocycles. The van der Waals surface area contributed by atoms with E-state index in [1.807, 2.05) is 13.8 Å². The van der Waals surface area contributed by atoms with Crippen LogP contribution in [0.1, 0.15) is 27.7 Å². The molecule has 2 nitrogen and oxygen atoms in total. The largest absolute Gasteiger partial charge is 0.452 e. The van der Waals surface area contributed by atoms with Crippen LogP contribution >= 0.6 is 0 Å². The zero-order valence-electron chi connectivity index (χ0n) is 8.18. The van der Waals surface area contributed by atoms with Crippen molar-refractivity contribution in [1.82, 2.24) is 0 Å². The Kier molecular flexibility index (Phi) is 3.74. The second-order valence-corrected chi connectivity index (χ2v) is 3.45. The van der Waals surface area contributed by atoms with Gasteiger partial charge >= 0.3 is 5.97 Å². The van der Waals surface area contributed by atoms with Gasteiger partial charge in [0.25, 0.3) is 0 Å². The molecule has 0 aromatic rings. The standard InChI is InChI=1S/C10H16O2/c1-6-10(4,5)12-9(11)7-8(2)3/h6-7H,1H2,2-5H3. The first-order valence-corrected chi connectivity index (χ1v) is 3.89. The highest BCUT2D eigenvalue weighted by atomic mass is 16.6. The van der Waals surface area contributed by atoms with Crippen LogP contribution in [0.4, 0.5) is 0 Å². The fourth-order valence-electron chi connectivity index (χ4n) is 0.566. The Morgan fingerprint density at radius 2 is 1.92 bits per heavy atom. The molecule has 0 aromatic carbocycles. The molecule has 0 amide bonds. The van der Waals surface area contributed by atoms with Gasteiger partial charge in [0.2, 0.25) is 0 Å². The van der Waals surface area contributed by atoms with Gasteiger partial charge in [-0.3, -0.25) is 0 Å². The minimum absolute atomic E-state index is 0.320. The number of hydrogen-bond donors (Lipinski definition) is 0. The van der Waals surface area contributed by atoms with Crippen molar-refractivity contribution < 1.29 is 9.53 Å². The van der Waals surface area contributed by atoms with E-state index in [1.165, 1.54) is 6.08 Å². The predicted molar refractivity (Wildman–Crippen MR) is 49.8 cm³/mol. The van der Waals surface area contributed by atoms with Crippen molar-refractivity contribution >= 4 is 5.97 Å². The van der Waals surface area contributed by atoms with Gasteiger partial charge in [0.1, 0.15) is 5.60 Å². The van der Waals surface area contributed by atoms with Crippen molar-refractivity contribution in [1.29, 1.82) is 0 Å². The second-order valence-electron chi connectivity index (χ2n) is 3.45. The number of rotatable bonds is 3. The van der Waals surface area contributed by atoms with Gasteiger partial charge in [-0.25, -0.2) is 4.79 Å². The molecule has 0 radical (unpaired) electrons. The Hall–Kier alpha value is -1.05. The molecule has 0 atom stereocenters. The summed E-state index contributed by atoms with van der Waals surface area (Å²) in [6.07, 6.45) is 3.06. The highest BCUT2D eigenvalue weighted by molar-refractivity contribution is 5.83. The quantitative estimate of drug-likeness (QED) is 0.367. The summed E-state index contributed by atoms with van der Waals surface area (Å²) in [4.78, 5) is 11.1. The van der Waals surface area contributed by atoms with Gasteiger partial charge < -0.3 is 4.74 Å². The van der Waals surface area contributed by atoms with Crippen molar-refractivity contribution in [2.75, 3.05) is 0 Å². The molecule has 0 rings (SSSR count). The molecular weight excluding hydrogens is 152 g/mol. The van der Waals surface area contributed by atoms with Crippen molar-refractivity contribution in [2.45, 2.75) is 33.3 Å². The SMILES string of the molecule is C=CC(C)(C)OC(=O)C=C(C)C. The molecule has 0 fully saturated rings. The summed E-state index contributed by atoms with van der Waals surface area (Å²) in [6, 6.07) is 0. The molecule has 0 bridgehead atoms. The van der Waals surface area contributed by atoms with E-state index in [9.17, 15) is 4.79 Å².